The van der Waals surface area contributed by atoms with Gasteiger partial charge in [-0.15, -0.1) is 11.3 Å². The summed E-state index contributed by atoms with van der Waals surface area (Å²) in [5.74, 6) is -1.08. The third kappa shape index (κ3) is 3.46. The summed E-state index contributed by atoms with van der Waals surface area (Å²) < 4.78 is 4.85. The molecule has 0 aromatic carbocycles. The summed E-state index contributed by atoms with van der Waals surface area (Å²) in [5.41, 5.74) is 5.77. The van der Waals surface area contributed by atoms with Crippen LogP contribution in [0.15, 0.2) is 5.38 Å². The van der Waals surface area contributed by atoms with Crippen molar-refractivity contribution in [3.63, 3.8) is 0 Å². The molecule has 0 amide bonds. The van der Waals surface area contributed by atoms with Gasteiger partial charge in [-0.05, 0) is 0 Å². The zero-order chi connectivity index (χ0) is 11.3. The Morgan fingerprint density at radius 1 is 1.87 bits per heavy atom. The van der Waals surface area contributed by atoms with Gasteiger partial charge in [0.15, 0.2) is 5.13 Å². The van der Waals surface area contributed by atoms with Crippen LogP contribution in [-0.4, -0.2) is 36.3 Å². The highest BCUT2D eigenvalue weighted by Crippen LogP contribution is 2.19. The van der Waals surface area contributed by atoms with Crippen molar-refractivity contribution in [2.24, 2.45) is 5.73 Å². The van der Waals surface area contributed by atoms with Crippen molar-refractivity contribution >= 4 is 22.4 Å². The number of hydrogen-bond donors (Lipinski definition) is 3. The van der Waals surface area contributed by atoms with E-state index in [0.29, 0.717) is 24.0 Å². The molecule has 1 rings (SSSR count). The van der Waals surface area contributed by atoms with Crippen molar-refractivity contribution < 1.29 is 14.6 Å². The van der Waals surface area contributed by atoms with Gasteiger partial charge in [-0.1, -0.05) is 0 Å². The molecule has 1 atom stereocenters. The van der Waals surface area contributed by atoms with Crippen molar-refractivity contribution in [2.45, 2.75) is 6.04 Å². The van der Waals surface area contributed by atoms with Crippen LogP contribution in [0.4, 0.5) is 5.13 Å². The Morgan fingerprint density at radius 2 is 2.60 bits per heavy atom. The van der Waals surface area contributed by atoms with Crippen LogP contribution in [0.3, 0.4) is 0 Å². The molecule has 0 bridgehead atoms. The van der Waals surface area contributed by atoms with E-state index in [0.717, 1.165) is 0 Å². The third-order valence-corrected chi connectivity index (χ3v) is 2.51. The van der Waals surface area contributed by atoms with Gasteiger partial charge in [-0.25, -0.2) is 4.98 Å². The number of anilines is 1. The quantitative estimate of drug-likeness (QED) is 0.609. The van der Waals surface area contributed by atoms with E-state index in [1.54, 1.807) is 12.5 Å². The zero-order valence-electron chi connectivity index (χ0n) is 8.27. The number of aromatic nitrogens is 1. The number of nitrogens with two attached hydrogens (primary N) is 1. The molecule has 7 heteroatoms. The minimum atomic E-state index is -1.08. The van der Waals surface area contributed by atoms with Gasteiger partial charge >= 0.3 is 5.97 Å². The van der Waals surface area contributed by atoms with Gasteiger partial charge in [-0.3, -0.25) is 4.79 Å². The topological polar surface area (TPSA) is 97.5 Å². The second kappa shape index (κ2) is 5.64. The molecular weight excluding hydrogens is 218 g/mol. The van der Waals surface area contributed by atoms with Crippen LogP contribution in [0.2, 0.25) is 0 Å². The monoisotopic (exact) mass is 231 g/mol. The number of rotatable bonds is 6. The maximum Gasteiger partial charge on any atom is 0.326 e. The first kappa shape index (κ1) is 11.9. The van der Waals surface area contributed by atoms with Crippen molar-refractivity contribution in [1.82, 2.24) is 4.98 Å². The second-order valence-corrected chi connectivity index (χ2v) is 3.67. The van der Waals surface area contributed by atoms with Gasteiger partial charge in [-0.2, -0.15) is 0 Å². The van der Waals surface area contributed by atoms with Crippen LogP contribution in [0.5, 0.6) is 0 Å². The number of thiazole rings is 1. The second-order valence-electron chi connectivity index (χ2n) is 2.81. The van der Waals surface area contributed by atoms with Gasteiger partial charge in [0, 0.05) is 19.0 Å². The first-order valence-corrected chi connectivity index (χ1v) is 5.19. The van der Waals surface area contributed by atoms with E-state index in [1.165, 1.54) is 11.3 Å². The Labute approximate surface area is 91.1 Å². The average Bonchev–Trinajstić information content (AvgIpc) is 2.65. The molecule has 0 aliphatic rings. The number of aliphatic carboxylic acids is 1. The van der Waals surface area contributed by atoms with Crippen molar-refractivity contribution in [3.05, 3.63) is 11.1 Å². The standard InChI is InChI=1S/C8H13N3O3S/c1-14-3-2-10-8-11-5(4-15-8)6(9)7(12)13/h4,6H,2-3,9H2,1H3,(H,10,11)(H,12,13). The minimum absolute atomic E-state index is 0.368. The van der Waals surface area contributed by atoms with Gasteiger partial charge in [0.2, 0.25) is 0 Å². The molecule has 0 saturated heterocycles. The molecule has 15 heavy (non-hydrogen) atoms. The molecule has 0 saturated carbocycles. The largest absolute Gasteiger partial charge is 0.480 e. The number of carboxylic acids is 1. The Balaban J connectivity index is 2.52. The van der Waals surface area contributed by atoms with Crippen molar-refractivity contribution in [1.29, 1.82) is 0 Å². The highest BCUT2D eigenvalue weighted by Gasteiger charge is 2.17. The number of nitrogens with zero attached hydrogens (tertiary/aromatic N) is 1. The molecule has 1 aromatic rings. The van der Waals surface area contributed by atoms with Gasteiger partial charge in [0.05, 0.1) is 12.3 Å². The van der Waals surface area contributed by atoms with Crippen LogP contribution >= 0.6 is 11.3 Å². The van der Waals surface area contributed by atoms with Crippen molar-refractivity contribution in [2.75, 3.05) is 25.6 Å². The predicted octanol–water partition coefficient (Wildman–Crippen LogP) is 0.286. The molecule has 0 radical (unpaired) electrons. The maximum absolute atomic E-state index is 10.6. The normalized spacial score (nSPS) is 12.4. The number of ether oxygens (including phenoxy) is 1. The summed E-state index contributed by atoms with van der Waals surface area (Å²) in [5, 5.41) is 13.9. The molecule has 6 nitrogen and oxygen atoms in total. The van der Waals surface area contributed by atoms with E-state index >= 15 is 0 Å². The third-order valence-electron chi connectivity index (χ3n) is 1.69. The lowest BCUT2D eigenvalue weighted by Gasteiger charge is -2.02. The minimum Gasteiger partial charge on any atom is -0.480 e. The van der Waals surface area contributed by atoms with Gasteiger partial charge < -0.3 is 20.9 Å². The fourth-order valence-electron chi connectivity index (χ4n) is 0.897. The SMILES string of the molecule is COCCNc1nc(C(N)C(=O)O)cs1. The number of nitrogens with one attached hydrogen (secondary N) is 1. The molecule has 0 fully saturated rings. The predicted molar refractivity (Wildman–Crippen MR) is 57.0 cm³/mol. The first-order valence-electron chi connectivity index (χ1n) is 4.31. The van der Waals surface area contributed by atoms with E-state index in [9.17, 15) is 4.79 Å². The van der Waals surface area contributed by atoms with Gasteiger partial charge in [0.25, 0.3) is 0 Å². The number of hydrogen-bond acceptors (Lipinski definition) is 6. The lowest BCUT2D eigenvalue weighted by Crippen LogP contribution is -2.21. The highest BCUT2D eigenvalue weighted by atomic mass is 32.1. The summed E-state index contributed by atoms with van der Waals surface area (Å²) in [6, 6.07) is -1.06. The molecule has 0 aliphatic carbocycles. The number of carboxylic acid groups (broad SMARTS) is 1. The van der Waals surface area contributed by atoms with E-state index in [1.807, 2.05) is 0 Å². The van der Waals surface area contributed by atoms with Crippen LogP contribution in [-0.2, 0) is 9.53 Å². The van der Waals surface area contributed by atoms with Crippen LogP contribution in [0, 0.1) is 0 Å². The first-order chi connectivity index (χ1) is 7.15. The smallest absolute Gasteiger partial charge is 0.326 e. The molecule has 1 unspecified atom stereocenters. The van der Waals surface area contributed by atoms with Crippen LogP contribution in [0.25, 0.3) is 0 Å². The highest BCUT2D eigenvalue weighted by molar-refractivity contribution is 7.13. The molecule has 1 aromatic heterocycles. The van der Waals surface area contributed by atoms with Crippen LogP contribution in [0.1, 0.15) is 11.7 Å². The Kier molecular flexibility index (Phi) is 4.47. The summed E-state index contributed by atoms with van der Waals surface area (Å²) in [6.45, 7) is 1.20. The fourth-order valence-corrected chi connectivity index (χ4v) is 1.67. The fraction of sp³-hybridized carbons (Fsp3) is 0.500. The molecule has 0 spiro atoms. The Bertz CT molecular complexity index is 329. The van der Waals surface area contributed by atoms with E-state index in [2.05, 4.69) is 10.3 Å². The molecular formula is C8H13N3O3S. The van der Waals surface area contributed by atoms with E-state index < -0.39 is 12.0 Å². The Hall–Kier alpha value is -1.18. The maximum atomic E-state index is 10.6. The molecule has 0 aliphatic heterocycles. The molecule has 1 heterocycles. The van der Waals surface area contributed by atoms with Gasteiger partial charge in [0.1, 0.15) is 6.04 Å². The van der Waals surface area contributed by atoms with Crippen LogP contribution < -0.4 is 11.1 Å². The summed E-state index contributed by atoms with van der Waals surface area (Å²) >= 11 is 1.32. The Morgan fingerprint density at radius 3 is 3.20 bits per heavy atom. The zero-order valence-corrected chi connectivity index (χ0v) is 9.08. The summed E-state index contributed by atoms with van der Waals surface area (Å²) in [7, 11) is 1.61. The number of methoxy groups -OCH3 is 1. The molecule has 84 valence electrons. The summed E-state index contributed by atoms with van der Waals surface area (Å²) in [6.07, 6.45) is 0. The summed E-state index contributed by atoms with van der Waals surface area (Å²) in [4.78, 5) is 14.6. The lowest BCUT2D eigenvalue weighted by molar-refractivity contribution is -0.138. The molecule has 4 N–H and O–H groups in total. The van der Waals surface area contributed by atoms with E-state index in [-0.39, 0.29) is 0 Å². The van der Waals surface area contributed by atoms with E-state index in [4.69, 9.17) is 15.6 Å². The number of carbonyl (C=O) groups is 1. The average molecular weight is 231 g/mol. The van der Waals surface area contributed by atoms with Crippen molar-refractivity contribution in [3.8, 4) is 0 Å². The lowest BCUT2D eigenvalue weighted by atomic mass is 10.2.